The maximum atomic E-state index is 10.7. The van der Waals surface area contributed by atoms with E-state index < -0.39 is 4.92 Å². The van der Waals surface area contributed by atoms with Gasteiger partial charge in [0.25, 0.3) is 0 Å². The van der Waals surface area contributed by atoms with Crippen LogP contribution in [0.1, 0.15) is 10.4 Å². The lowest BCUT2D eigenvalue weighted by molar-refractivity contribution is -0.380. The van der Waals surface area contributed by atoms with Crippen LogP contribution in [0.3, 0.4) is 0 Å². The van der Waals surface area contributed by atoms with Crippen LogP contribution in [-0.2, 0) is 6.42 Å². The second kappa shape index (κ2) is 6.13. The molecule has 7 heteroatoms. The van der Waals surface area contributed by atoms with Gasteiger partial charge in [0.2, 0.25) is 0 Å². The van der Waals surface area contributed by atoms with Gasteiger partial charge in [0.15, 0.2) is 0 Å². The van der Waals surface area contributed by atoms with Gasteiger partial charge in [0, 0.05) is 40.4 Å². The van der Waals surface area contributed by atoms with Gasteiger partial charge in [-0.25, -0.2) is 0 Å². The monoisotopic (exact) mass is 330 g/mol. The summed E-state index contributed by atoms with van der Waals surface area (Å²) in [5, 5.41) is 24.2. The van der Waals surface area contributed by atoms with Crippen molar-refractivity contribution in [2.45, 2.75) is 6.42 Å². The summed E-state index contributed by atoms with van der Waals surface area (Å²) < 4.78 is 5.15. The van der Waals surface area contributed by atoms with Gasteiger partial charge < -0.3 is 15.2 Å². The number of hydrogen-bond donors (Lipinski definition) is 2. The zero-order chi connectivity index (χ0) is 16.4. The second-order valence-corrected chi connectivity index (χ2v) is 6.07. The maximum Gasteiger partial charge on any atom is 0.324 e. The van der Waals surface area contributed by atoms with Crippen LogP contribution < -0.4 is 10.1 Å². The van der Waals surface area contributed by atoms with E-state index in [2.05, 4.69) is 5.32 Å². The third-order valence-corrected chi connectivity index (χ3v) is 4.48. The van der Waals surface area contributed by atoms with Gasteiger partial charge in [-0.1, -0.05) is 17.4 Å². The van der Waals surface area contributed by atoms with Gasteiger partial charge >= 0.3 is 5.00 Å². The number of nitro groups is 1. The standard InChI is InChI=1S/C16H14N2O4S/c1-22-11-3-6-14-13(9-11)15(19)8-10(17-14)2-4-12-5-7-16(23-12)18(20)21/h2-3,5-9,17,19H,4H2,1H3/b10-2+. The number of methoxy groups -OCH3 is 1. The Morgan fingerprint density at radius 2 is 2.22 bits per heavy atom. The number of nitrogens with one attached hydrogen (secondary N) is 1. The molecule has 118 valence electrons. The summed E-state index contributed by atoms with van der Waals surface area (Å²) in [5.74, 6) is 0.824. The highest BCUT2D eigenvalue weighted by Crippen LogP contribution is 2.33. The first-order chi connectivity index (χ1) is 11.1. The lowest BCUT2D eigenvalue weighted by Crippen LogP contribution is -2.07. The van der Waals surface area contributed by atoms with Crippen LogP contribution in [0.25, 0.3) is 5.76 Å². The molecule has 3 rings (SSSR count). The predicted octanol–water partition coefficient (Wildman–Crippen LogP) is 4.12. The Morgan fingerprint density at radius 1 is 1.39 bits per heavy atom. The molecule has 0 spiro atoms. The van der Waals surface area contributed by atoms with Gasteiger partial charge in [-0.05, 0) is 24.3 Å². The third kappa shape index (κ3) is 3.19. The van der Waals surface area contributed by atoms with E-state index in [4.69, 9.17) is 4.74 Å². The van der Waals surface area contributed by atoms with Gasteiger partial charge in [-0.2, -0.15) is 0 Å². The highest BCUT2D eigenvalue weighted by atomic mass is 32.1. The number of anilines is 1. The minimum atomic E-state index is -0.393. The van der Waals surface area contributed by atoms with Crippen molar-refractivity contribution in [1.29, 1.82) is 0 Å². The molecule has 0 aliphatic carbocycles. The highest BCUT2D eigenvalue weighted by molar-refractivity contribution is 7.15. The molecule has 0 unspecified atom stereocenters. The van der Waals surface area contributed by atoms with Crippen LogP contribution in [0.4, 0.5) is 10.7 Å². The van der Waals surface area contributed by atoms with Crippen LogP contribution in [0.15, 0.2) is 48.2 Å². The Kier molecular flexibility index (Phi) is 4.03. The number of hydrogen-bond acceptors (Lipinski definition) is 6. The quantitative estimate of drug-likeness (QED) is 0.651. The fraction of sp³-hybridized carbons (Fsp3) is 0.125. The molecule has 23 heavy (non-hydrogen) atoms. The molecule has 2 aromatic rings. The van der Waals surface area contributed by atoms with Gasteiger partial charge in [0.05, 0.1) is 12.0 Å². The van der Waals surface area contributed by atoms with Crippen molar-refractivity contribution in [3.05, 3.63) is 68.7 Å². The molecule has 6 nitrogen and oxygen atoms in total. The Labute approximate surface area is 136 Å². The van der Waals surface area contributed by atoms with E-state index in [-0.39, 0.29) is 10.8 Å². The number of allylic oxidation sites excluding steroid dienone is 2. The molecule has 2 N–H and O–H groups in total. The lowest BCUT2D eigenvalue weighted by Gasteiger charge is -2.19. The molecule has 0 amide bonds. The zero-order valence-corrected chi connectivity index (χ0v) is 13.1. The predicted molar refractivity (Wildman–Crippen MR) is 90.0 cm³/mol. The average Bonchev–Trinajstić information content (AvgIpc) is 3.02. The Hall–Kier alpha value is -2.80. The third-order valence-electron chi connectivity index (χ3n) is 3.42. The molecule has 1 aliphatic heterocycles. The first-order valence-corrected chi connectivity index (χ1v) is 7.68. The number of aliphatic hydroxyl groups excluding tert-OH is 1. The van der Waals surface area contributed by atoms with E-state index >= 15 is 0 Å². The number of benzene rings is 1. The summed E-state index contributed by atoms with van der Waals surface area (Å²) in [5.41, 5.74) is 2.21. The molecule has 2 heterocycles. The molecule has 0 fully saturated rings. The number of aliphatic hydroxyl groups is 1. The zero-order valence-electron chi connectivity index (χ0n) is 12.3. The molecule has 1 aromatic heterocycles. The van der Waals surface area contributed by atoms with Gasteiger partial charge in [0.1, 0.15) is 11.5 Å². The van der Waals surface area contributed by atoms with E-state index in [0.29, 0.717) is 17.7 Å². The molecule has 0 saturated heterocycles. The first kappa shape index (κ1) is 15.1. The van der Waals surface area contributed by atoms with E-state index in [1.807, 2.05) is 18.2 Å². The smallest absolute Gasteiger partial charge is 0.324 e. The summed E-state index contributed by atoms with van der Waals surface area (Å²) in [7, 11) is 1.57. The maximum absolute atomic E-state index is 10.7. The van der Waals surface area contributed by atoms with Crippen molar-refractivity contribution in [2.24, 2.45) is 0 Å². The first-order valence-electron chi connectivity index (χ1n) is 6.86. The molecule has 0 radical (unpaired) electrons. The van der Waals surface area contributed by atoms with Gasteiger partial charge in [-0.15, -0.1) is 0 Å². The Bertz CT molecular complexity index is 823. The van der Waals surface area contributed by atoms with Crippen LogP contribution in [0, 0.1) is 10.1 Å². The van der Waals surface area contributed by atoms with Crippen molar-refractivity contribution in [3.63, 3.8) is 0 Å². The second-order valence-electron chi connectivity index (χ2n) is 4.93. The number of ether oxygens (including phenoxy) is 1. The molecular weight excluding hydrogens is 316 g/mol. The minimum absolute atomic E-state index is 0.130. The van der Waals surface area contributed by atoms with Crippen molar-refractivity contribution in [2.75, 3.05) is 12.4 Å². The van der Waals surface area contributed by atoms with Crippen molar-refractivity contribution in [1.82, 2.24) is 0 Å². The molecule has 0 saturated carbocycles. The van der Waals surface area contributed by atoms with Crippen molar-refractivity contribution < 1.29 is 14.8 Å². The molecule has 0 atom stereocenters. The average molecular weight is 330 g/mol. The van der Waals surface area contributed by atoms with Crippen LogP contribution in [0.2, 0.25) is 0 Å². The van der Waals surface area contributed by atoms with Crippen molar-refractivity contribution in [3.8, 4) is 5.75 Å². The number of fused-ring (bicyclic) bond motifs is 1. The largest absolute Gasteiger partial charge is 0.507 e. The SMILES string of the molecule is COc1ccc2c(c1)C(O)=C/C(=C\Cc1ccc([N+](=O)[O-])s1)N2. The summed E-state index contributed by atoms with van der Waals surface area (Å²) in [6, 6.07) is 8.65. The van der Waals surface area contributed by atoms with E-state index in [0.717, 1.165) is 27.6 Å². The number of nitrogens with zero attached hydrogens (tertiary/aromatic N) is 1. The molecular formula is C16H14N2O4S. The van der Waals surface area contributed by atoms with E-state index in [1.54, 1.807) is 25.3 Å². The number of thiophene rings is 1. The summed E-state index contributed by atoms with van der Waals surface area (Å²) >= 11 is 1.15. The fourth-order valence-electron chi connectivity index (χ4n) is 2.28. The number of rotatable bonds is 4. The molecule has 0 bridgehead atoms. The van der Waals surface area contributed by atoms with Crippen LogP contribution >= 0.6 is 11.3 Å². The lowest BCUT2D eigenvalue weighted by atomic mass is 10.1. The molecule has 1 aliphatic rings. The topological polar surface area (TPSA) is 84.6 Å². The van der Waals surface area contributed by atoms with Crippen LogP contribution in [0.5, 0.6) is 5.75 Å². The van der Waals surface area contributed by atoms with E-state index in [1.165, 1.54) is 6.07 Å². The summed E-state index contributed by atoms with van der Waals surface area (Å²) in [6.07, 6.45) is 4.07. The Morgan fingerprint density at radius 3 is 2.91 bits per heavy atom. The summed E-state index contributed by atoms with van der Waals surface area (Å²) in [4.78, 5) is 11.2. The van der Waals surface area contributed by atoms with Crippen molar-refractivity contribution >= 4 is 27.8 Å². The van der Waals surface area contributed by atoms with E-state index in [9.17, 15) is 15.2 Å². The normalized spacial score (nSPS) is 14.8. The van der Waals surface area contributed by atoms with Gasteiger partial charge in [-0.3, -0.25) is 10.1 Å². The van der Waals surface area contributed by atoms with Crippen LogP contribution in [-0.4, -0.2) is 17.1 Å². The highest BCUT2D eigenvalue weighted by Gasteiger charge is 2.15. The summed E-state index contributed by atoms with van der Waals surface area (Å²) in [6.45, 7) is 0. The fourth-order valence-corrected chi connectivity index (χ4v) is 3.06. The Balaban J connectivity index is 1.79. The molecule has 1 aromatic carbocycles. The minimum Gasteiger partial charge on any atom is -0.507 e.